The Labute approximate surface area is 128 Å². The second-order valence-corrected chi connectivity index (χ2v) is 5.39. The van der Waals surface area contributed by atoms with Gasteiger partial charge in [-0.15, -0.1) is 0 Å². The van der Waals surface area contributed by atoms with Gasteiger partial charge in [0.1, 0.15) is 11.3 Å². The summed E-state index contributed by atoms with van der Waals surface area (Å²) in [5, 5.41) is 4.30. The summed E-state index contributed by atoms with van der Waals surface area (Å²) >= 11 is 0. The molecule has 4 rings (SSSR count). The molecular formula is C18H15N3O. The van der Waals surface area contributed by atoms with Crippen LogP contribution in [0.3, 0.4) is 0 Å². The first-order valence-corrected chi connectivity index (χ1v) is 7.16. The van der Waals surface area contributed by atoms with Gasteiger partial charge in [-0.05, 0) is 12.5 Å². The molecule has 4 nitrogen and oxygen atoms in total. The van der Waals surface area contributed by atoms with Gasteiger partial charge in [-0.3, -0.25) is 9.67 Å². The van der Waals surface area contributed by atoms with Crippen LogP contribution < -0.4 is 0 Å². The Bertz CT molecular complexity index is 951. The number of fused-ring (bicyclic) bond motifs is 1. The Kier molecular flexibility index (Phi) is 2.82. The fourth-order valence-corrected chi connectivity index (χ4v) is 2.77. The van der Waals surface area contributed by atoms with E-state index in [2.05, 4.69) is 22.2 Å². The molecule has 0 atom stereocenters. The number of rotatable bonds is 2. The zero-order valence-corrected chi connectivity index (χ0v) is 12.4. The zero-order valence-electron chi connectivity index (χ0n) is 12.4. The number of aromatic nitrogens is 3. The predicted octanol–water partition coefficient (Wildman–Crippen LogP) is 4.20. The highest BCUT2D eigenvalue weighted by Crippen LogP contribution is 2.37. The molecule has 0 fully saturated rings. The summed E-state index contributed by atoms with van der Waals surface area (Å²) in [7, 11) is 1.91. The Morgan fingerprint density at radius 1 is 1.05 bits per heavy atom. The monoisotopic (exact) mass is 289 g/mol. The number of furan rings is 1. The van der Waals surface area contributed by atoms with Gasteiger partial charge in [-0.25, -0.2) is 0 Å². The maximum absolute atomic E-state index is 5.93. The van der Waals surface area contributed by atoms with Gasteiger partial charge in [0.2, 0.25) is 0 Å². The van der Waals surface area contributed by atoms with Crippen LogP contribution in [0.25, 0.3) is 33.4 Å². The van der Waals surface area contributed by atoms with Crippen molar-refractivity contribution < 1.29 is 4.42 Å². The zero-order chi connectivity index (χ0) is 15.1. The van der Waals surface area contributed by atoms with Crippen LogP contribution in [0.2, 0.25) is 0 Å². The molecule has 3 aromatic heterocycles. The number of pyridine rings is 1. The molecule has 1 aromatic carbocycles. The molecule has 0 N–H and O–H groups in total. The summed E-state index contributed by atoms with van der Waals surface area (Å²) in [5.41, 5.74) is 5.92. The van der Waals surface area contributed by atoms with Crippen LogP contribution in [-0.4, -0.2) is 14.8 Å². The van der Waals surface area contributed by atoms with Crippen molar-refractivity contribution in [1.82, 2.24) is 14.8 Å². The highest BCUT2D eigenvalue weighted by atomic mass is 16.3. The third-order valence-corrected chi connectivity index (χ3v) is 3.74. The summed E-state index contributed by atoms with van der Waals surface area (Å²) in [6, 6.07) is 12.2. The fraction of sp³-hybridized carbons (Fsp3) is 0.111. The van der Waals surface area contributed by atoms with Crippen molar-refractivity contribution >= 4 is 11.1 Å². The van der Waals surface area contributed by atoms with Crippen molar-refractivity contribution in [2.24, 2.45) is 7.05 Å². The van der Waals surface area contributed by atoms with Crippen molar-refractivity contribution in [3.8, 4) is 22.3 Å². The first kappa shape index (κ1) is 12.8. The first-order valence-electron chi connectivity index (χ1n) is 7.16. The molecule has 0 spiro atoms. The van der Waals surface area contributed by atoms with Gasteiger partial charge in [0.05, 0.1) is 6.20 Å². The van der Waals surface area contributed by atoms with E-state index in [1.165, 1.54) is 0 Å². The van der Waals surface area contributed by atoms with Gasteiger partial charge in [0.15, 0.2) is 5.58 Å². The molecule has 0 saturated heterocycles. The molecule has 22 heavy (non-hydrogen) atoms. The van der Waals surface area contributed by atoms with E-state index in [1.807, 2.05) is 56.8 Å². The lowest BCUT2D eigenvalue weighted by Crippen LogP contribution is -1.88. The topological polar surface area (TPSA) is 43.9 Å². The average Bonchev–Trinajstić information content (AvgIpc) is 3.11. The van der Waals surface area contributed by atoms with Gasteiger partial charge in [-0.1, -0.05) is 30.3 Å². The van der Waals surface area contributed by atoms with E-state index in [4.69, 9.17) is 4.42 Å². The average molecular weight is 289 g/mol. The maximum atomic E-state index is 5.93. The highest BCUT2D eigenvalue weighted by molar-refractivity contribution is 5.98. The number of nitrogens with zero attached hydrogens (tertiary/aromatic N) is 3. The molecule has 0 aliphatic rings. The number of aryl methyl sites for hydroxylation is 2. The van der Waals surface area contributed by atoms with Crippen LogP contribution in [0.4, 0.5) is 0 Å². The number of hydrogen-bond donors (Lipinski definition) is 0. The fourth-order valence-electron chi connectivity index (χ4n) is 2.77. The van der Waals surface area contributed by atoms with Gasteiger partial charge in [0.25, 0.3) is 0 Å². The molecule has 0 unspecified atom stereocenters. The molecule has 3 heterocycles. The molecule has 4 aromatic rings. The second-order valence-electron chi connectivity index (χ2n) is 5.39. The largest absolute Gasteiger partial charge is 0.459 e. The molecular weight excluding hydrogens is 274 g/mol. The predicted molar refractivity (Wildman–Crippen MR) is 86.4 cm³/mol. The molecule has 0 aliphatic heterocycles. The van der Waals surface area contributed by atoms with E-state index in [0.717, 1.165) is 39.1 Å². The van der Waals surface area contributed by atoms with Gasteiger partial charge in [-0.2, -0.15) is 5.10 Å². The third-order valence-electron chi connectivity index (χ3n) is 3.74. The lowest BCUT2D eigenvalue weighted by atomic mass is 9.97. The molecule has 0 saturated carbocycles. The van der Waals surface area contributed by atoms with E-state index in [1.54, 1.807) is 4.68 Å². The molecule has 108 valence electrons. The number of benzene rings is 1. The highest BCUT2D eigenvalue weighted by Gasteiger charge is 2.17. The lowest BCUT2D eigenvalue weighted by Gasteiger charge is -2.08. The van der Waals surface area contributed by atoms with Crippen molar-refractivity contribution in [3.05, 3.63) is 60.7 Å². The summed E-state index contributed by atoms with van der Waals surface area (Å²) in [6.07, 6.45) is 5.77. The summed E-state index contributed by atoms with van der Waals surface area (Å²) in [5.74, 6) is 0.859. The van der Waals surface area contributed by atoms with Crippen molar-refractivity contribution in [2.45, 2.75) is 6.92 Å². The van der Waals surface area contributed by atoms with E-state index < -0.39 is 0 Å². The minimum absolute atomic E-state index is 0.812. The number of hydrogen-bond acceptors (Lipinski definition) is 3. The Morgan fingerprint density at radius 3 is 2.59 bits per heavy atom. The summed E-state index contributed by atoms with van der Waals surface area (Å²) in [6.45, 7) is 1.94. The van der Waals surface area contributed by atoms with Crippen LogP contribution in [0.15, 0.2) is 59.4 Å². The van der Waals surface area contributed by atoms with Crippen LogP contribution in [0.1, 0.15) is 5.76 Å². The smallest absolute Gasteiger partial charge is 0.161 e. The van der Waals surface area contributed by atoms with Gasteiger partial charge in [0, 0.05) is 42.2 Å². The van der Waals surface area contributed by atoms with E-state index in [-0.39, 0.29) is 0 Å². The second kappa shape index (κ2) is 4.84. The third kappa shape index (κ3) is 2.00. The SMILES string of the molecule is Cc1cc2ncc(-c3ccccc3)c(-c3cnn(C)c3)c2o1. The van der Waals surface area contributed by atoms with Crippen LogP contribution in [-0.2, 0) is 7.05 Å². The normalized spacial score (nSPS) is 11.2. The minimum Gasteiger partial charge on any atom is -0.459 e. The van der Waals surface area contributed by atoms with Crippen molar-refractivity contribution in [2.75, 3.05) is 0 Å². The van der Waals surface area contributed by atoms with Gasteiger partial charge < -0.3 is 4.42 Å². The lowest BCUT2D eigenvalue weighted by molar-refractivity contribution is 0.579. The van der Waals surface area contributed by atoms with E-state index in [9.17, 15) is 0 Å². The maximum Gasteiger partial charge on any atom is 0.161 e. The first-order chi connectivity index (χ1) is 10.7. The molecule has 0 aliphatic carbocycles. The Balaban J connectivity index is 2.08. The standard InChI is InChI=1S/C18H15N3O/c1-12-8-16-18(22-12)17(14-9-20-21(2)11-14)15(10-19-16)13-6-4-3-5-7-13/h3-11H,1-2H3. The Morgan fingerprint density at radius 2 is 1.86 bits per heavy atom. The quantitative estimate of drug-likeness (QED) is 0.555. The van der Waals surface area contributed by atoms with Crippen LogP contribution >= 0.6 is 0 Å². The van der Waals surface area contributed by atoms with E-state index in [0.29, 0.717) is 0 Å². The van der Waals surface area contributed by atoms with Crippen molar-refractivity contribution in [3.63, 3.8) is 0 Å². The molecule has 0 amide bonds. The molecule has 0 bridgehead atoms. The minimum atomic E-state index is 0.812. The Hall–Kier alpha value is -2.88. The molecule has 0 radical (unpaired) electrons. The summed E-state index contributed by atoms with van der Waals surface area (Å²) in [4.78, 5) is 4.55. The van der Waals surface area contributed by atoms with Crippen LogP contribution in [0.5, 0.6) is 0 Å². The van der Waals surface area contributed by atoms with Crippen molar-refractivity contribution in [1.29, 1.82) is 0 Å². The van der Waals surface area contributed by atoms with Crippen LogP contribution in [0, 0.1) is 6.92 Å². The van der Waals surface area contributed by atoms with Gasteiger partial charge >= 0.3 is 0 Å². The summed E-state index contributed by atoms with van der Waals surface area (Å²) < 4.78 is 7.72. The molecule has 4 heteroatoms. The van der Waals surface area contributed by atoms with E-state index >= 15 is 0 Å².